The second kappa shape index (κ2) is 5.30. The summed E-state index contributed by atoms with van der Waals surface area (Å²) >= 11 is 0. The van der Waals surface area contributed by atoms with Crippen LogP contribution in [0.25, 0.3) is 11.1 Å². The molecule has 0 fully saturated rings. The van der Waals surface area contributed by atoms with E-state index in [1.165, 1.54) is 0 Å². The molecule has 2 heteroatoms. The van der Waals surface area contributed by atoms with E-state index in [0.29, 0.717) is 12.2 Å². The Labute approximate surface area is 101 Å². The van der Waals surface area contributed by atoms with Crippen LogP contribution in [0.1, 0.15) is 17.3 Å². The average Bonchev–Trinajstić information content (AvgIpc) is 2.39. The van der Waals surface area contributed by atoms with Gasteiger partial charge >= 0.3 is 0 Å². The predicted octanol–water partition coefficient (Wildman–Crippen LogP) is 3.56. The zero-order chi connectivity index (χ0) is 12.1. The second-order valence-electron chi connectivity index (χ2n) is 3.67. The predicted molar refractivity (Wildman–Crippen MR) is 68.4 cm³/mol. The Morgan fingerprint density at radius 2 is 1.94 bits per heavy atom. The molecule has 0 unspecified atom stereocenters. The van der Waals surface area contributed by atoms with Gasteiger partial charge in [0, 0.05) is 5.56 Å². The molecule has 2 aromatic carbocycles. The maximum Gasteiger partial charge on any atom is 0.150 e. The fourth-order valence-corrected chi connectivity index (χ4v) is 1.78. The molecule has 2 rings (SSSR count). The minimum Gasteiger partial charge on any atom is -0.494 e. The number of carbonyl (C=O) groups is 1. The van der Waals surface area contributed by atoms with E-state index in [-0.39, 0.29) is 0 Å². The second-order valence-corrected chi connectivity index (χ2v) is 3.67. The Balaban J connectivity index is 2.45. The maximum absolute atomic E-state index is 11.0. The third kappa shape index (κ3) is 2.53. The monoisotopic (exact) mass is 226 g/mol. The summed E-state index contributed by atoms with van der Waals surface area (Å²) in [7, 11) is 0. The minimum atomic E-state index is 0.638. The van der Waals surface area contributed by atoms with Crippen LogP contribution in [-0.4, -0.2) is 12.9 Å². The molecular formula is C15H14O2. The van der Waals surface area contributed by atoms with Gasteiger partial charge < -0.3 is 4.74 Å². The van der Waals surface area contributed by atoms with Crippen molar-refractivity contribution in [2.75, 3.05) is 6.61 Å². The van der Waals surface area contributed by atoms with Crippen molar-refractivity contribution < 1.29 is 9.53 Å². The standard InChI is InChI=1S/C15H14O2/c1-2-17-14-8-5-7-12(10-14)15-9-4-3-6-13(15)11-16/h3-11H,2H2,1H3. The van der Waals surface area contributed by atoms with Crippen molar-refractivity contribution in [3.63, 3.8) is 0 Å². The van der Waals surface area contributed by atoms with Gasteiger partial charge in [0.25, 0.3) is 0 Å². The van der Waals surface area contributed by atoms with E-state index in [1.54, 1.807) is 0 Å². The molecule has 2 aromatic rings. The Bertz CT molecular complexity index is 518. The lowest BCUT2D eigenvalue weighted by molar-refractivity contribution is 0.112. The summed E-state index contributed by atoms with van der Waals surface area (Å²) in [4.78, 5) is 11.0. The summed E-state index contributed by atoms with van der Waals surface area (Å²) in [5.41, 5.74) is 2.63. The van der Waals surface area contributed by atoms with Crippen LogP contribution >= 0.6 is 0 Å². The lowest BCUT2D eigenvalue weighted by Gasteiger charge is -2.07. The van der Waals surface area contributed by atoms with Crippen LogP contribution in [0.4, 0.5) is 0 Å². The van der Waals surface area contributed by atoms with Gasteiger partial charge in [-0.1, -0.05) is 36.4 Å². The number of rotatable bonds is 4. The van der Waals surface area contributed by atoms with Crippen LogP contribution in [-0.2, 0) is 0 Å². The van der Waals surface area contributed by atoms with E-state index in [0.717, 1.165) is 23.2 Å². The van der Waals surface area contributed by atoms with Crippen molar-refractivity contribution in [3.8, 4) is 16.9 Å². The lowest BCUT2D eigenvalue weighted by Crippen LogP contribution is -1.92. The van der Waals surface area contributed by atoms with E-state index in [4.69, 9.17) is 4.74 Å². The van der Waals surface area contributed by atoms with E-state index in [1.807, 2.05) is 55.5 Å². The molecule has 0 aliphatic rings. The van der Waals surface area contributed by atoms with Gasteiger partial charge in [-0.15, -0.1) is 0 Å². The highest BCUT2D eigenvalue weighted by Crippen LogP contribution is 2.26. The van der Waals surface area contributed by atoms with Crippen molar-refractivity contribution in [2.45, 2.75) is 6.92 Å². The number of hydrogen-bond donors (Lipinski definition) is 0. The first-order valence-electron chi connectivity index (χ1n) is 5.62. The molecule has 0 aromatic heterocycles. The quantitative estimate of drug-likeness (QED) is 0.745. The number of hydrogen-bond acceptors (Lipinski definition) is 2. The van der Waals surface area contributed by atoms with Crippen molar-refractivity contribution in [1.29, 1.82) is 0 Å². The first-order valence-corrected chi connectivity index (χ1v) is 5.62. The molecule has 86 valence electrons. The highest BCUT2D eigenvalue weighted by molar-refractivity contribution is 5.87. The van der Waals surface area contributed by atoms with Crippen molar-refractivity contribution in [1.82, 2.24) is 0 Å². The third-order valence-electron chi connectivity index (χ3n) is 2.54. The van der Waals surface area contributed by atoms with Crippen LogP contribution in [0.3, 0.4) is 0 Å². The van der Waals surface area contributed by atoms with Crippen molar-refractivity contribution in [3.05, 3.63) is 54.1 Å². The number of carbonyl (C=O) groups excluding carboxylic acids is 1. The first kappa shape index (κ1) is 11.4. The first-order chi connectivity index (χ1) is 8.35. The van der Waals surface area contributed by atoms with E-state index >= 15 is 0 Å². The summed E-state index contributed by atoms with van der Waals surface area (Å²) < 4.78 is 5.45. The van der Waals surface area contributed by atoms with Crippen LogP contribution in [0.5, 0.6) is 5.75 Å². The molecule has 0 heterocycles. The summed E-state index contributed by atoms with van der Waals surface area (Å²) in [5.74, 6) is 0.825. The van der Waals surface area contributed by atoms with Gasteiger partial charge in [-0.05, 0) is 30.2 Å². The number of ether oxygens (including phenoxy) is 1. The third-order valence-corrected chi connectivity index (χ3v) is 2.54. The van der Waals surface area contributed by atoms with Gasteiger partial charge in [0.2, 0.25) is 0 Å². The van der Waals surface area contributed by atoms with Crippen LogP contribution in [0, 0.1) is 0 Å². The van der Waals surface area contributed by atoms with Gasteiger partial charge in [0.1, 0.15) is 5.75 Å². The zero-order valence-corrected chi connectivity index (χ0v) is 9.72. The fraction of sp³-hybridized carbons (Fsp3) is 0.133. The average molecular weight is 226 g/mol. The molecule has 0 N–H and O–H groups in total. The molecular weight excluding hydrogens is 212 g/mol. The zero-order valence-electron chi connectivity index (χ0n) is 9.72. The van der Waals surface area contributed by atoms with Crippen molar-refractivity contribution in [2.24, 2.45) is 0 Å². The lowest BCUT2D eigenvalue weighted by atomic mass is 10.0. The fourth-order valence-electron chi connectivity index (χ4n) is 1.78. The van der Waals surface area contributed by atoms with Crippen LogP contribution < -0.4 is 4.74 Å². The topological polar surface area (TPSA) is 26.3 Å². The molecule has 0 amide bonds. The van der Waals surface area contributed by atoms with Gasteiger partial charge in [0.15, 0.2) is 6.29 Å². The molecule has 2 nitrogen and oxygen atoms in total. The number of benzene rings is 2. The normalized spacial score (nSPS) is 9.94. The Morgan fingerprint density at radius 3 is 2.71 bits per heavy atom. The van der Waals surface area contributed by atoms with Gasteiger partial charge in [-0.3, -0.25) is 4.79 Å². The SMILES string of the molecule is CCOc1cccc(-c2ccccc2C=O)c1. The summed E-state index contributed by atoms with van der Waals surface area (Å²) in [6.45, 7) is 2.59. The molecule has 0 saturated heterocycles. The summed E-state index contributed by atoms with van der Waals surface area (Å²) in [6, 6.07) is 15.3. The molecule has 0 bridgehead atoms. The molecule has 0 saturated carbocycles. The molecule has 17 heavy (non-hydrogen) atoms. The van der Waals surface area contributed by atoms with Crippen molar-refractivity contribution >= 4 is 6.29 Å². The Kier molecular flexibility index (Phi) is 3.55. The minimum absolute atomic E-state index is 0.638. The van der Waals surface area contributed by atoms with Crippen LogP contribution in [0.2, 0.25) is 0 Å². The van der Waals surface area contributed by atoms with E-state index in [2.05, 4.69) is 0 Å². The Morgan fingerprint density at radius 1 is 1.12 bits per heavy atom. The van der Waals surface area contributed by atoms with Gasteiger partial charge in [-0.2, -0.15) is 0 Å². The molecule has 0 atom stereocenters. The summed E-state index contributed by atoms with van der Waals surface area (Å²) in [6.07, 6.45) is 0.878. The Hall–Kier alpha value is -2.09. The van der Waals surface area contributed by atoms with Gasteiger partial charge in [-0.25, -0.2) is 0 Å². The highest BCUT2D eigenvalue weighted by Gasteiger charge is 2.04. The smallest absolute Gasteiger partial charge is 0.150 e. The maximum atomic E-state index is 11.0. The molecule has 0 aliphatic carbocycles. The molecule has 0 radical (unpaired) electrons. The van der Waals surface area contributed by atoms with Crippen LogP contribution in [0.15, 0.2) is 48.5 Å². The van der Waals surface area contributed by atoms with E-state index in [9.17, 15) is 4.79 Å². The molecule has 0 spiro atoms. The molecule has 0 aliphatic heterocycles. The van der Waals surface area contributed by atoms with E-state index < -0.39 is 0 Å². The highest BCUT2D eigenvalue weighted by atomic mass is 16.5. The summed E-state index contributed by atoms with van der Waals surface area (Å²) in [5, 5.41) is 0. The number of aldehydes is 1. The van der Waals surface area contributed by atoms with Gasteiger partial charge in [0.05, 0.1) is 6.61 Å². The largest absolute Gasteiger partial charge is 0.494 e.